The molecule has 184 valence electrons. The normalized spacial score (nSPS) is 11.8. The molecule has 2 aromatic carbocycles. The van der Waals surface area contributed by atoms with Crippen LogP contribution >= 0.6 is 11.3 Å². The third-order valence-electron chi connectivity index (χ3n) is 5.80. The van der Waals surface area contributed by atoms with Crippen molar-refractivity contribution in [2.45, 2.75) is 12.7 Å². The Kier molecular flexibility index (Phi) is 5.68. The van der Waals surface area contributed by atoms with Gasteiger partial charge in [-0.15, -0.1) is 0 Å². The summed E-state index contributed by atoms with van der Waals surface area (Å²) in [7, 11) is 0. The van der Waals surface area contributed by atoms with Crippen molar-refractivity contribution in [2.24, 2.45) is 0 Å². The van der Waals surface area contributed by atoms with E-state index in [0.717, 1.165) is 28.6 Å². The molecule has 4 aromatic heterocycles. The van der Waals surface area contributed by atoms with Crippen LogP contribution in [0.2, 0.25) is 0 Å². The summed E-state index contributed by atoms with van der Waals surface area (Å²) in [5.41, 5.74) is 1.69. The first-order chi connectivity index (χ1) is 18.0. The van der Waals surface area contributed by atoms with Crippen LogP contribution in [0.5, 0.6) is 0 Å². The first kappa shape index (κ1) is 22.9. The molecular formula is C26H18F3N7S. The van der Waals surface area contributed by atoms with E-state index in [2.05, 4.69) is 25.6 Å². The van der Waals surface area contributed by atoms with E-state index < -0.39 is 11.7 Å². The van der Waals surface area contributed by atoms with Gasteiger partial charge in [-0.05, 0) is 40.6 Å². The van der Waals surface area contributed by atoms with Crippen LogP contribution < -0.4 is 10.6 Å². The van der Waals surface area contributed by atoms with Crippen molar-refractivity contribution in [3.63, 3.8) is 0 Å². The molecule has 6 aromatic rings. The number of pyridine rings is 1. The molecule has 0 saturated heterocycles. The number of aromatic nitrogens is 5. The summed E-state index contributed by atoms with van der Waals surface area (Å²) in [4.78, 5) is 18.3. The Bertz CT molecular complexity index is 1710. The summed E-state index contributed by atoms with van der Waals surface area (Å²) in [6, 6.07) is 16.9. The van der Waals surface area contributed by atoms with Crippen molar-refractivity contribution in [3.8, 4) is 5.69 Å². The molecule has 0 amide bonds. The SMILES string of the molecule is FC(F)(F)c1cccc(CNc2nc(Nc3nccc4ccccc34)nc3c2ncn3-c2ccsc2)c1. The highest BCUT2D eigenvalue weighted by atomic mass is 32.1. The monoisotopic (exact) mass is 517 g/mol. The molecule has 37 heavy (non-hydrogen) atoms. The maximum atomic E-state index is 13.2. The van der Waals surface area contributed by atoms with Crippen molar-refractivity contribution < 1.29 is 13.2 Å². The number of anilines is 3. The number of alkyl halides is 3. The molecule has 7 nitrogen and oxygen atoms in total. The molecule has 0 spiro atoms. The molecule has 0 atom stereocenters. The van der Waals surface area contributed by atoms with Crippen molar-refractivity contribution in [3.05, 3.63) is 95.1 Å². The number of fused-ring (bicyclic) bond motifs is 2. The Balaban J connectivity index is 1.40. The van der Waals surface area contributed by atoms with Crippen molar-refractivity contribution in [1.29, 1.82) is 0 Å². The van der Waals surface area contributed by atoms with E-state index in [1.165, 1.54) is 6.07 Å². The molecule has 0 aliphatic carbocycles. The van der Waals surface area contributed by atoms with Crippen LogP contribution in [0.4, 0.5) is 30.8 Å². The lowest BCUT2D eigenvalue weighted by Crippen LogP contribution is -2.09. The smallest absolute Gasteiger partial charge is 0.364 e. The largest absolute Gasteiger partial charge is 0.416 e. The van der Waals surface area contributed by atoms with Crippen LogP contribution in [0.3, 0.4) is 0 Å². The Hall–Kier alpha value is -4.51. The molecule has 4 heterocycles. The van der Waals surface area contributed by atoms with Gasteiger partial charge < -0.3 is 10.6 Å². The minimum absolute atomic E-state index is 0.118. The van der Waals surface area contributed by atoms with Crippen LogP contribution in [0.25, 0.3) is 27.6 Å². The first-order valence-electron chi connectivity index (χ1n) is 11.2. The summed E-state index contributed by atoms with van der Waals surface area (Å²) in [5, 5.41) is 12.2. The molecule has 0 radical (unpaired) electrons. The Labute approximate surface area is 212 Å². The second kappa shape index (κ2) is 9.17. The van der Waals surface area contributed by atoms with Crippen molar-refractivity contribution in [2.75, 3.05) is 10.6 Å². The van der Waals surface area contributed by atoms with E-state index in [1.807, 2.05) is 51.7 Å². The van der Waals surface area contributed by atoms with Crippen molar-refractivity contribution in [1.82, 2.24) is 24.5 Å². The number of hydrogen-bond donors (Lipinski definition) is 2. The predicted molar refractivity (Wildman–Crippen MR) is 138 cm³/mol. The lowest BCUT2D eigenvalue weighted by molar-refractivity contribution is -0.137. The van der Waals surface area contributed by atoms with Gasteiger partial charge in [-0.25, -0.2) is 9.97 Å². The average Bonchev–Trinajstić information content (AvgIpc) is 3.57. The topological polar surface area (TPSA) is 80.6 Å². The second-order valence-electron chi connectivity index (χ2n) is 8.22. The fraction of sp³-hybridized carbons (Fsp3) is 0.0769. The number of nitrogens with zero attached hydrogens (tertiary/aromatic N) is 5. The zero-order chi connectivity index (χ0) is 25.4. The quantitative estimate of drug-likeness (QED) is 0.253. The molecule has 2 N–H and O–H groups in total. The van der Waals surface area contributed by atoms with Crippen LogP contribution in [-0.2, 0) is 12.7 Å². The average molecular weight is 518 g/mol. The van der Waals surface area contributed by atoms with E-state index in [0.29, 0.717) is 28.4 Å². The first-order valence-corrected chi connectivity index (χ1v) is 12.2. The van der Waals surface area contributed by atoms with Gasteiger partial charge in [-0.1, -0.05) is 36.4 Å². The molecule has 0 bridgehead atoms. The van der Waals surface area contributed by atoms with Gasteiger partial charge >= 0.3 is 6.18 Å². The molecule has 0 unspecified atom stereocenters. The fourth-order valence-electron chi connectivity index (χ4n) is 4.03. The molecule has 0 aliphatic rings. The number of benzene rings is 2. The molecule has 0 fully saturated rings. The molecule has 11 heteroatoms. The van der Waals surface area contributed by atoms with Gasteiger partial charge in [0, 0.05) is 23.5 Å². The summed E-state index contributed by atoms with van der Waals surface area (Å²) in [6.45, 7) is 0.118. The van der Waals surface area contributed by atoms with Gasteiger partial charge in [0.2, 0.25) is 5.95 Å². The zero-order valence-electron chi connectivity index (χ0n) is 19.1. The van der Waals surface area contributed by atoms with E-state index in [-0.39, 0.29) is 12.5 Å². The number of imidazole rings is 1. The van der Waals surface area contributed by atoms with Gasteiger partial charge in [-0.3, -0.25) is 4.57 Å². The highest BCUT2D eigenvalue weighted by Crippen LogP contribution is 2.31. The molecular weight excluding hydrogens is 499 g/mol. The summed E-state index contributed by atoms with van der Waals surface area (Å²) >= 11 is 1.54. The summed E-state index contributed by atoms with van der Waals surface area (Å²) in [6.07, 6.45) is -1.07. The highest BCUT2D eigenvalue weighted by Gasteiger charge is 2.30. The van der Waals surface area contributed by atoms with Gasteiger partial charge in [0.1, 0.15) is 12.1 Å². The summed E-state index contributed by atoms with van der Waals surface area (Å²) in [5.74, 6) is 1.25. The standard InChI is InChI=1S/C26H18F3N7S/c27-26(28,29)18-6-3-4-16(12-18)13-31-23-21-24(36(15-32-21)19-9-11-37-14-19)35-25(34-23)33-22-20-7-2-1-5-17(20)8-10-30-22/h1-12,14-15H,13H2,(H2,30,31,33,34,35). The van der Waals surface area contributed by atoms with Crippen LogP contribution in [0.1, 0.15) is 11.1 Å². The zero-order valence-corrected chi connectivity index (χ0v) is 19.9. The highest BCUT2D eigenvalue weighted by molar-refractivity contribution is 7.08. The fourth-order valence-corrected chi connectivity index (χ4v) is 4.66. The molecule has 0 aliphatic heterocycles. The van der Waals surface area contributed by atoms with Gasteiger partial charge in [-0.2, -0.15) is 34.5 Å². The van der Waals surface area contributed by atoms with Gasteiger partial charge in [0.05, 0.1) is 11.3 Å². The lowest BCUT2D eigenvalue weighted by atomic mass is 10.1. The maximum absolute atomic E-state index is 13.2. The third kappa shape index (κ3) is 4.56. The molecule has 6 rings (SSSR count). The predicted octanol–water partition coefficient (Wildman–Crippen LogP) is 6.80. The van der Waals surface area contributed by atoms with E-state index in [9.17, 15) is 13.2 Å². The number of rotatable bonds is 6. The number of halogens is 3. The Morgan fingerprint density at radius 2 is 1.81 bits per heavy atom. The van der Waals surface area contributed by atoms with Crippen LogP contribution in [0.15, 0.2) is 83.9 Å². The minimum Gasteiger partial charge on any atom is -0.364 e. The lowest BCUT2D eigenvalue weighted by Gasteiger charge is -2.12. The van der Waals surface area contributed by atoms with Crippen LogP contribution in [0, 0.1) is 0 Å². The van der Waals surface area contributed by atoms with Crippen molar-refractivity contribution >= 4 is 50.9 Å². The number of hydrogen-bond acceptors (Lipinski definition) is 7. The van der Waals surface area contributed by atoms with E-state index >= 15 is 0 Å². The molecule has 0 saturated carbocycles. The van der Waals surface area contributed by atoms with E-state index in [1.54, 1.807) is 29.9 Å². The summed E-state index contributed by atoms with van der Waals surface area (Å²) < 4.78 is 41.4. The Morgan fingerprint density at radius 3 is 2.65 bits per heavy atom. The number of nitrogens with one attached hydrogen (secondary N) is 2. The van der Waals surface area contributed by atoms with Gasteiger partial charge in [0.25, 0.3) is 0 Å². The second-order valence-corrected chi connectivity index (χ2v) is 9.00. The third-order valence-corrected chi connectivity index (χ3v) is 6.47. The Morgan fingerprint density at radius 1 is 0.919 bits per heavy atom. The minimum atomic E-state index is -4.42. The maximum Gasteiger partial charge on any atom is 0.416 e. The number of thiophene rings is 1. The van der Waals surface area contributed by atoms with E-state index in [4.69, 9.17) is 4.98 Å². The van der Waals surface area contributed by atoms with Crippen LogP contribution in [-0.4, -0.2) is 24.5 Å². The van der Waals surface area contributed by atoms with Gasteiger partial charge in [0.15, 0.2) is 17.0 Å².